The van der Waals surface area contributed by atoms with Crippen LogP contribution in [0.3, 0.4) is 0 Å². The number of benzene rings is 3. The molecular formula is C37H44ClNO7S. The molecule has 0 spiro atoms. The van der Waals surface area contributed by atoms with Crippen molar-refractivity contribution in [2.24, 2.45) is 5.92 Å². The molecule has 0 amide bonds. The minimum Gasteiger partial charge on any atom is -0.481 e. The Morgan fingerprint density at radius 1 is 1.00 bits per heavy atom. The lowest BCUT2D eigenvalue weighted by molar-refractivity contribution is -0.143. The Hall–Kier alpha value is -3.40. The molecule has 1 N–H and O–H groups in total. The fourth-order valence-electron chi connectivity index (χ4n) is 7.37. The molecule has 3 atom stereocenters. The number of hydrogen-bond acceptors (Lipinski definition) is 7. The van der Waals surface area contributed by atoms with E-state index in [2.05, 4.69) is 13.8 Å². The van der Waals surface area contributed by atoms with E-state index < -0.39 is 33.7 Å². The fraction of sp³-hybridized carbons (Fsp3) is 0.459. The van der Waals surface area contributed by atoms with Crippen molar-refractivity contribution in [3.63, 3.8) is 0 Å². The van der Waals surface area contributed by atoms with Gasteiger partial charge in [0.1, 0.15) is 5.78 Å². The Morgan fingerprint density at radius 3 is 2.30 bits per heavy atom. The molecule has 2 aliphatic rings. The zero-order chi connectivity index (χ0) is 33.9. The Morgan fingerprint density at radius 2 is 1.68 bits per heavy atom. The summed E-state index contributed by atoms with van der Waals surface area (Å²) in [4.78, 5) is 28.8. The maximum atomic E-state index is 13.6. The standard InChI is InChI=1S/C37H44ClNO7S/c1-5-17-47(43,44)29-13-11-26(12-14-29)35-34(37(41)42)32(30-15-16-33-36(23(30)4)46-22-45-33)21-39(35)20-28(40)9-8-10-31-24(6-2)18-27(38)19-25(31)7-3/h11-16,18-19,32,34-35H,5-10,17,20-22H2,1-4H3,(H,41,42)/t32-,34-,35+/m1/s1. The van der Waals surface area contributed by atoms with Gasteiger partial charge in [0.25, 0.3) is 0 Å². The summed E-state index contributed by atoms with van der Waals surface area (Å²) >= 11 is 6.35. The number of aliphatic carboxylic acids is 1. The van der Waals surface area contributed by atoms with Crippen molar-refractivity contribution in [3.8, 4) is 11.5 Å². The van der Waals surface area contributed by atoms with Crippen LogP contribution < -0.4 is 9.47 Å². The van der Waals surface area contributed by atoms with E-state index in [9.17, 15) is 23.1 Å². The number of likely N-dealkylation sites (tertiary alicyclic amines) is 1. The van der Waals surface area contributed by atoms with Gasteiger partial charge in [0, 0.05) is 29.9 Å². The van der Waals surface area contributed by atoms with Crippen LogP contribution in [-0.4, -0.2) is 55.8 Å². The van der Waals surface area contributed by atoms with Gasteiger partial charge in [0.05, 0.1) is 23.1 Å². The Bertz CT molecular complexity index is 1710. The number of Topliss-reactive ketones (excluding diaryl/α,β-unsaturated/α-hetero) is 1. The minimum absolute atomic E-state index is 0.0365. The smallest absolute Gasteiger partial charge is 0.309 e. The van der Waals surface area contributed by atoms with E-state index in [1.54, 1.807) is 24.3 Å². The second kappa shape index (κ2) is 14.8. The van der Waals surface area contributed by atoms with Crippen molar-refractivity contribution >= 4 is 33.2 Å². The number of carboxylic acids is 1. The minimum atomic E-state index is -3.44. The molecule has 2 aliphatic heterocycles. The van der Waals surface area contributed by atoms with E-state index in [1.807, 2.05) is 43.0 Å². The highest BCUT2D eigenvalue weighted by Gasteiger charge is 2.48. The molecule has 3 aromatic rings. The average Bonchev–Trinajstić information content (AvgIpc) is 3.67. The molecule has 8 nitrogen and oxygen atoms in total. The maximum Gasteiger partial charge on any atom is 0.309 e. The van der Waals surface area contributed by atoms with Crippen molar-refractivity contribution in [2.75, 3.05) is 25.6 Å². The zero-order valence-electron chi connectivity index (χ0n) is 27.6. The first-order valence-corrected chi connectivity index (χ1v) is 18.5. The first-order chi connectivity index (χ1) is 22.5. The van der Waals surface area contributed by atoms with Crippen LogP contribution in [0, 0.1) is 12.8 Å². The molecule has 0 unspecified atom stereocenters. The molecule has 5 rings (SSSR count). The van der Waals surface area contributed by atoms with Crippen LogP contribution in [0.2, 0.25) is 5.02 Å². The largest absolute Gasteiger partial charge is 0.481 e. The monoisotopic (exact) mass is 681 g/mol. The Balaban J connectivity index is 1.43. The molecule has 252 valence electrons. The second-order valence-electron chi connectivity index (χ2n) is 12.5. The lowest BCUT2D eigenvalue weighted by Gasteiger charge is -2.27. The van der Waals surface area contributed by atoms with Crippen LogP contribution in [0.5, 0.6) is 11.5 Å². The lowest BCUT2D eigenvalue weighted by atomic mass is 9.81. The molecule has 0 aliphatic carbocycles. The number of aryl methyl sites for hydroxylation is 2. The molecule has 3 aromatic carbocycles. The molecular weight excluding hydrogens is 638 g/mol. The number of carbonyl (C=O) groups excluding carboxylic acids is 1. The van der Waals surface area contributed by atoms with Crippen molar-refractivity contribution in [1.82, 2.24) is 4.90 Å². The number of ether oxygens (including phenoxy) is 2. The van der Waals surface area contributed by atoms with Gasteiger partial charge < -0.3 is 14.6 Å². The van der Waals surface area contributed by atoms with Gasteiger partial charge in [-0.1, -0.05) is 50.6 Å². The zero-order valence-corrected chi connectivity index (χ0v) is 29.1. The first kappa shape index (κ1) is 34.9. The number of fused-ring (bicyclic) bond motifs is 1. The van der Waals surface area contributed by atoms with E-state index >= 15 is 0 Å². The maximum absolute atomic E-state index is 13.6. The Labute approximate surface area is 283 Å². The molecule has 0 saturated carbocycles. The summed E-state index contributed by atoms with van der Waals surface area (Å²) in [7, 11) is -3.44. The van der Waals surface area contributed by atoms with E-state index in [0.29, 0.717) is 42.9 Å². The molecule has 2 heterocycles. The number of sulfone groups is 1. The summed E-state index contributed by atoms with van der Waals surface area (Å²) in [5, 5.41) is 11.4. The van der Waals surface area contributed by atoms with Crippen LogP contribution in [0.1, 0.15) is 85.4 Å². The lowest BCUT2D eigenvalue weighted by Crippen LogP contribution is -2.32. The molecule has 47 heavy (non-hydrogen) atoms. The number of carbonyl (C=O) groups is 2. The molecule has 0 bridgehead atoms. The van der Waals surface area contributed by atoms with Gasteiger partial charge in [0.15, 0.2) is 21.3 Å². The van der Waals surface area contributed by atoms with Gasteiger partial charge in [-0.3, -0.25) is 14.5 Å². The highest BCUT2D eigenvalue weighted by Crippen LogP contribution is 2.49. The van der Waals surface area contributed by atoms with Gasteiger partial charge in [-0.25, -0.2) is 8.42 Å². The molecule has 0 aromatic heterocycles. The number of nitrogens with zero attached hydrogens (tertiary/aromatic N) is 1. The van der Waals surface area contributed by atoms with Crippen LogP contribution in [0.4, 0.5) is 0 Å². The predicted molar refractivity (Wildman–Crippen MR) is 182 cm³/mol. The highest BCUT2D eigenvalue weighted by atomic mass is 35.5. The molecule has 1 saturated heterocycles. The van der Waals surface area contributed by atoms with E-state index in [0.717, 1.165) is 35.4 Å². The summed E-state index contributed by atoms with van der Waals surface area (Å²) < 4.78 is 36.7. The third-order valence-corrected chi connectivity index (χ3v) is 11.7. The van der Waals surface area contributed by atoms with Crippen LogP contribution in [0.25, 0.3) is 0 Å². The summed E-state index contributed by atoms with van der Waals surface area (Å²) in [6.45, 7) is 8.48. The predicted octanol–water partition coefficient (Wildman–Crippen LogP) is 7.12. The topological polar surface area (TPSA) is 110 Å². The van der Waals surface area contributed by atoms with Gasteiger partial charge in [-0.15, -0.1) is 0 Å². The van der Waals surface area contributed by atoms with Gasteiger partial charge in [-0.05, 0) is 103 Å². The SMILES string of the molecule is CCCS(=O)(=O)c1ccc([C@H]2[C@H](C(=O)O)[C@@H](c3ccc4c(c3C)OCO4)CN2CC(=O)CCCc2c(CC)cc(Cl)cc2CC)cc1. The highest BCUT2D eigenvalue weighted by molar-refractivity contribution is 7.91. The first-order valence-electron chi connectivity index (χ1n) is 16.5. The summed E-state index contributed by atoms with van der Waals surface area (Å²) in [5.41, 5.74) is 6.00. The number of ketones is 1. The van der Waals surface area contributed by atoms with Gasteiger partial charge >= 0.3 is 5.97 Å². The summed E-state index contributed by atoms with van der Waals surface area (Å²) in [6.07, 6.45) is 4.03. The number of halogens is 1. The Kier molecular flexibility index (Phi) is 11.0. The third kappa shape index (κ3) is 7.37. The van der Waals surface area contributed by atoms with Crippen LogP contribution in [-0.2, 0) is 38.7 Å². The number of hydrogen-bond donors (Lipinski definition) is 1. The van der Waals surface area contributed by atoms with E-state index in [4.69, 9.17) is 21.1 Å². The van der Waals surface area contributed by atoms with Crippen molar-refractivity contribution in [1.29, 1.82) is 0 Å². The third-order valence-electron chi connectivity index (χ3n) is 9.59. The molecule has 1 fully saturated rings. The molecule has 10 heteroatoms. The normalized spacial score (nSPS) is 19.3. The summed E-state index contributed by atoms with van der Waals surface area (Å²) in [6, 6.07) is 13.6. The van der Waals surface area contributed by atoms with Crippen LogP contribution in [0.15, 0.2) is 53.4 Å². The fourth-order valence-corrected chi connectivity index (χ4v) is 8.96. The average molecular weight is 682 g/mol. The quantitative estimate of drug-likeness (QED) is 0.192. The van der Waals surface area contributed by atoms with E-state index in [-0.39, 0.29) is 29.8 Å². The summed E-state index contributed by atoms with van der Waals surface area (Å²) in [5.74, 6) is -0.976. The van der Waals surface area contributed by atoms with Crippen molar-refractivity contribution < 1.29 is 32.6 Å². The van der Waals surface area contributed by atoms with E-state index in [1.165, 1.54) is 16.7 Å². The van der Waals surface area contributed by atoms with Gasteiger partial charge in [0.2, 0.25) is 6.79 Å². The molecule has 0 radical (unpaired) electrons. The number of rotatable bonds is 14. The van der Waals surface area contributed by atoms with Crippen LogP contribution >= 0.6 is 11.6 Å². The van der Waals surface area contributed by atoms with Gasteiger partial charge in [-0.2, -0.15) is 0 Å². The second-order valence-corrected chi connectivity index (χ2v) is 15.1. The number of carboxylic acid groups (broad SMARTS) is 1. The van der Waals surface area contributed by atoms with Crippen molar-refractivity contribution in [2.45, 2.75) is 83.1 Å². The van der Waals surface area contributed by atoms with Crippen molar-refractivity contribution in [3.05, 3.63) is 86.9 Å².